The van der Waals surface area contributed by atoms with Crippen LogP contribution >= 0.6 is 0 Å². The SMILES string of the molecule is Cc1ccc(N([C@@H](C)C(=O)N[C@H](C)c2ccc3c(c2)CCCC3)S(C)(=O)=O)cc1. The van der Waals surface area contributed by atoms with Crippen LogP contribution in [0, 0.1) is 6.92 Å². The maximum absolute atomic E-state index is 12.9. The summed E-state index contributed by atoms with van der Waals surface area (Å²) in [6, 6.07) is 12.5. The molecule has 0 aromatic heterocycles. The Hall–Kier alpha value is -2.34. The third kappa shape index (κ3) is 4.99. The first kappa shape index (κ1) is 21.4. The summed E-state index contributed by atoms with van der Waals surface area (Å²) in [5.41, 5.74) is 5.32. The van der Waals surface area contributed by atoms with E-state index in [9.17, 15) is 13.2 Å². The van der Waals surface area contributed by atoms with Crippen molar-refractivity contribution in [2.45, 2.75) is 58.5 Å². The van der Waals surface area contributed by atoms with Crippen LogP contribution in [0.3, 0.4) is 0 Å². The number of hydrogen-bond donors (Lipinski definition) is 1. The second kappa shape index (κ2) is 8.57. The smallest absolute Gasteiger partial charge is 0.244 e. The lowest BCUT2D eigenvalue weighted by Gasteiger charge is -2.29. The lowest BCUT2D eigenvalue weighted by atomic mass is 9.89. The Morgan fingerprint density at radius 3 is 2.24 bits per heavy atom. The molecule has 0 bridgehead atoms. The Labute approximate surface area is 174 Å². The second-order valence-electron chi connectivity index (χ2n) is 8.04. The fourth-order valence-corrected chi connectivity index (χ4v) is 5.12. The molecule has 0 heterocycles. The van der Waals surface area contributed by atoms with Gasteiger partial charge in [0.25, 0.3) is 0 Å². The Bertz CT molecular complexity index is 984. The summed E-state index contributed by atoms with van der Waals surface area (Å²) < 4.78 is 26.0. The van der Waals surface area contributed by atoms with E-state index in [-0.39, 0.29) is 11.9 Å². The first-order valence-electron chi connectivity index (χ1n) is 10.1. The van der Waals surface area contributed by atoms with Crippen LogP contribution in [-0.2, 0) is 27.7 Å². The van der Waals surface area contributed by atoms with Gasteiger partial charge >= 0.3 is 0 Å². The summed E-state index contributed by atoms with van der Waals surface area (Å²) in [5, 5.41) is 2.99. The number of nitrogens with zero attached hydrogens (tertiary/aromatic N) is 1. The first-order chi connectivity index (χ1) is 13.7. The highest BCUT2D eigenvalue weighted by Gasteiger charge is 2.30. The number of carbonyl (C=O) groups excluding carboxylic acids is 1. The van der Waals surface area contributed by atoms with E-state index < -0.39 is 16.1 Å². The van der Waals surface area contributed by atoms with Gasteiger partial charge in [-0.15, -0.1) is 0 Å². The van der Waals surface area contributed by atoms with E-state index in [1.54, 1.807) is 19.1 Å². The fraction of sp³-hybridized carbons (Fsp3) is 0.435. The zero-order valence-corrected chi connectivity index (χ0v) is 18.4. The number of anilines is 1. The first-order valence-corrected chi connectivity index (χ1v) is 12.0. The average molecular weight is 415 g/mol. The van der Waals surface area contributed by atoms with Crippen LogP contribution in [0.15, 0.2) is 42.5 Å². The van der Waals surface area contributed by atoms with Gasteiger partial charge in [-0.2, -0.15) is 0 Å². The largest absolute Gasteiger partial charge is 0.348 e. The van der Waals surface area contributed by atoms with E-state index in [0.717, 1.165) is 30.2 Å². The van der Waals surface area contributed by atoms with Crippen molar-refractivity contribution in [3.05, 3.63) is 64.7 Å². The average Bonchev–Trinajstić information content (AvgIpc) is 2.68. The van der Waals surface area contributed by atoms with Crippen molar-refractivity contribution in [1.82, 2.24) is 5.32 Å². The molecule has 1 N–H and O–H groups in total. The molecule has 3 rings (SSSR count). The van der Waals surface area contributed by atoms with E-state index in [4.69, 9.17) is 0 Å². The highest BCUT2D eigenvalue weighted by molar-refractivity contribution is 7.92. The number of benzene rings is 2. The summed E-state index contributed by atoms with van der Waals surface area (Å²) in [6.45, 7) is 5.49. The molecule has 1 aliphatic carbocycles. The van der Waals surface area contributed by atoms with Crippen LogP contribution in [0.1, 0.15) is 55.0 Å². The van der Waals surface area contributed by atoms with Crippen LogP contribution in [0.5, 0.6) is 0 Å². The molecule has 0 spiro atoms. The number of aryl methyl sites for hydroxylation is 3. The molecule has 2 atom stereocenters. The molecule has 1 amide bonds. The van der Waals surface area contributed by atoms with E-state index >= 15 is 0 Å². The molecule has 5 nitrogen and oxygen atoms in total. The predicted octanol–water partition coefficient (Wildman–Crippen LogP) is 3.91. The van der Waals surface area contributed by atoms with Gasteiger partial charge in [-0.25, -0.2) is 8.42 Å². The van der Waals surface area contributed by atoms with Crippen molar-refractivity contribution in [3.63, 3.8) is 0 Å². The van der Waals surface area contributed by atoms with Crippen LogP contribution in [0.2, 0.25) is 0 Å². The molecule has 2 aromatic carbocycles. The van der Waals surface area contributed by atoms with Crippen molar-refractivity contribution >= 4 is 21.6 Å². The number of amides is 1. The van der Waals surface area contributed by atoms with E-state index in [2.05, 4.69) is 23.5 Å². The number of rotatable bonds is 6. The molecule has 0 unspecified atom stereocenters. The highest BCUT2D eigenvalue weighted by Crippen LogP contribution is 2.26. The minimum absolute atomic E-state index is 0.198. The van der Waals surface area contributed by atoms with E-state index in [1.165, 1.54) is 28.3 Å². The Morgan fingerprint density at radius 1 is 1.00 bits per heavy atom. The Kier molecular flexibility index (Phi) is 6.32. The van der Waals surface area contributed by atoms with Gasteiger partial charge < -0.3 is 5.32 Å². The summed E-state index contributed by atoms with van der Waals surface area (Å²) in [6.07, 6.45) is 5.76. The van der Waals surface area contributed by atoms with Crippen LogP contribution in [0.25, 0.3) is 0 Å². The van der Waals surface area contributed by atoms with Gasteiger partial charge in [0.15, 0.2) is 0 Å². The molecule has 29 heavy (non-hydrogen) atoms. The fourth-order valence-electron chi connectivity index (χ4n) is 3.94. The van der Waals surface area contributed by atoms with Gasteiger partial charge in [0.1, 0.15) is 6.04 Å². The van der Waals surface area contributed by atoms with Gasteiger partial charge in [-0.05, 0) is 75.3 Å². The molecular formula is C23H30N2O3S. The molecule has 1 aliphatic rings. The number of sulfonamides is 1. The van der Waals surface area contributed by atoms with Gasteiger partial charge in [-0.3, -0.25) is 9.10 Å². The minimum Gasteiger partial charge on any atom is -0.348 e. The summed E-state index contributed by atoms with van der Waals surface area (Å²) in [5.74, 6) is -0.318. The van der Waals surface area contributed by atoms with Crippen molar-refractivity contribution in [2.24, 2.45) is 0 Å². The normalized spacial score (nSPS) is 15.9. The molecule has 156 valence electrons. The number of nitrogens with one attached hydrogen (secondary N) is 1. The highest BCUT2D eigenvalue weighted by atomic mass is 32.2. The van der Waals surface area contributed by atoms with Crippen molar-refractivity contribution < 1.29 is 13.2 Å². The second-order valence-corrected chi connectivity index (χ2v) is 9.90. The predicted molar refractivity (Wildman–Crippen MR) is 118 cm³/mol. The van der Waals surface area contributed by atoms with Gasteiger partial charge in [-0.1, -0.05) is 35.9 Å². The lowest BCUT2D eigenvalue weighted by Crippen LogP contribution is -2.48. The molecule has 0 radical (unpaired) electrons. The number of fused-ring (bicyclic) bond motifs is 1. The summed E-state index contributed by atoms with van der Waals surface area (Å²) >= 11 is 0. The monoisotopic (exact) mass is 414 g/mol. The van der Waals surface area contributed by atoms with Crippen molar-refractivity contribution in [3.8, 4) is 0 Å². The molecular weight excluding hydrogens is 384 g/mol. The zero-order chi connectivity index (χ0) is 21.2. The number of carbonyl (C=O) groups is 1. The molecule has 2 aromatic rings. The molecule has 0 saturated heterocycles. The van der Waals surface area contributed by atoms with E-state index in [0.29, 0.717) is 5.69 Å². The van der Waals surface area contributed by atoms with Crippen LogP contribution < -0.4 is 9.62 Å². The Balaban J connectivity index is 1.78. The standard InChI is InChI=1S/C23H30N2O3S/c1-16-9-13-22(14-10-16)25(29(4,27)28)18(3)23(26)24-17(2)20-12-11-19-7-5-6-8-21(19)15-20/h9-15,17-18H,5-8H2,1-4H3,(H,24,26)/t17-,18+/m1/s1. The lowest BCUT2D eigenvalue weighted by molar-refractivity contribution is -0.122. The third-order valence-corrected chi connectivity index (χ3v) is 6.85. The van der Waals surface area contributed by atoms with Crippen LogP contribution in [0.4, 0.5) is 5.69 Å². The van der Waals surface area contributed by atoms with Crippen molar-refractivity contribution in [1.29, 1.82) is 0 Å². The molecule has 0 aliphatic heterocycles. The molecule has 0 saturated carbocycles. The summed E-state index contributed by atoms with van der Waals surface area (Å²) in [4.78, 5) is 12.9. The maximum atomic E-state index is 12.9. The van der Waals surface area contributed by atoms with Crippen molar-refractivity contribution in [2.75, 3.05) is 10.6 Å². The van der Waals surface area contributed by atoms with Gasteiger partial charge in [0, 0.05) is 0 Å². The minimum atomic E-state index is -3.62. The summed E-state index contributed by atoms with van der Waals surface area (Å²) in [7, 11) is -3.62. The quantitative estimate of drug-likeness (QED) is 0.779. The van der Waals surface area contributed by atoms with Gasteiger partial charge in [0.05, 0.1) is 18.0 Å². The molecule has 0 fully saturated rings. The Morgan fingerprint density at radius 2 is 1.62 bits per heavy atom. The maximum Gasteiger partial charge on any atom is 0.244 e. The van der Waals surface area contributed by atoms with Gasteiger partial charge in [0.2, 0.25) is 15.9 Å². The van der Waals surface area contributed by atoms with Crippen LogP contribution in [-0.4, -0.2) is 26.6 Å². The zero-order valence-electron chi connectivity index (χ0n) is 17.6. The third-order valence-electron chi connectivity index (χ3n) is 5.61. The number of hydrogen-bond acceptors (Lipinski definition) is 3. The van der Waals surface area contributed by atoms with E-state index in [1.807, 2.05) is 26.0 Å². The molecule has 6 heteroatoms. The topological polar surface area (TPSA) is 66.5 Å².